The van der Waals surface area contributed by atoms with Crippen molar-refractivity contribution < 1.29 is 14.1 Å². The van der Waals surface area contributed by atoms with Crippen molar-refractivity contribution in [3.05, 3.63) is 34.1 Å². The van der Waals surface area contributed by atoms with Crippen LogP contribution < -0.4 is 0 Å². The number of thiophene rings is 1. The number of carbonyl (C=O) groups excluding carboxylic acids is 1. The molecule has 2 aromatic rings. The van der Waals surface area contributed by atoms with Crippen LogP contribution in [-0.2, 0) is 22.6 Å². The Balaban J connectivity index is 1.27. The lowest BCUT2D eigenvalue weighted by molar-refractivity contribution is -0.135. The number of piperidine rings is 1. The van der Waals surface area contributed by atoms with Gasteiger partial charge in [-0.3, -0.25) is 4.79 Å². The van der Waals surface area contributed by atoms with Crippen LogP contribution >= 0.6 is 11.3 Å². The normalized spacial score (nSPS) is 21.2. The molecule has 1 saturated heterocycles. The van der Waals surface area contributed by atoms with Crippen LogP contribution in [0.2, 0.25) is 0 Å². The van der Waals surface area contributed by atoms with Crippen molar-refractivity contribution >= 4 is 17.2 Å². The first-order valence-corrected chi connectivity index (χ1v) is 9.45. The van der Waals surface area contributed by atoms with Gasteiger partial charge in [-0.05, 0) is 48.1 Å². The van der Waals surface area contributed by atoms with Crippen LogP contribution in [0.1, 0.15) is 48.9 Å². The van der Waals surface area contributed by atoms with Crippen LogP contribution in [0.15, 0.2) is 21.3 Å². The van der Waals surface area contributed by atoms with Gasteiger partial charge in [0.2, 0.25) is 5.91 Å². The van der Waals surface area contributed by atoms with Crippen LogP contribution in [0.5, 0.6) is 0 Å². The molecule has 24 heavy (non-hydrogen) atoms. The van der Waals surface area contributed by atoms with E-state index in [9.17, 15) is 4.79 Å². The monoisotopic (exact) mass is 347 g/mol. The lowest BCUT2D eigenvalue weighted by Crippen LogP contribution is -2.43. The van der Waals surface area contributed by atoms with Gasteiger partial charge in [-0.1, -0.05) is 5.16 Å². The summed E-state index contributed by atoms with van der Waals surface area (Å²) in [6.45, 7) is 1.79. The third-order valence-corrected chi connectivity index (χ3v) is 5.27. The van der Waals surface area contributed by atoms with Gasteiger partial charge >= 0.3 is 0 Å². The second kappa shape index (κ2) is 7.03. The molecule has 1 atom stereocenters. The third-order valence-electron chi connectivity index (χ3n) is 4.54. The lowest BCUT2D eigenvalue weighted by Gasteiger charge is -2.32. The Morgan fingerprint density at radius 3 is 3.12 bits per heavy atom. The molecular formula is C17H21N3O3S. The molecule has 1 saturated carbocycles. The minimum atomic E-state index is 0.0430. The van der Waals surface area contributed by atoms with Crippen molar-refractivity contribution in [2.45, 2.75) is 50.7 Å². The fraction of sp³-hybridized carbons (Fsp3) is 0.588. The second-order valence-electron chi connectivity index (χ2n) is 6.54. The Hall–Kier alpha value is -1.73. The van der Waals surface area contributed by atoms with Gasteiger partial charge in [-0.15, -0.1) is 0 Å². The van der Waals surface area contributed by atoms with E-state index in [-0.39, 0.29) is 12.0 Å². The van der Waals surface area contributed by atoms with Crippen molar-refractivity contribution in [2.24, 2.45) is 0 Å². The van der Waals surface area contributed by atoms with Gasteiger partial charge in [-0.25, -0.2) is 0 Å². The summed E-state index contributed by atoms with van der Waals surface area (Å²) >= 11 is 1.62. The summed E-state index contributed by atoms with van der Waals surface area (Å²) in [5, 5.41) is 8.03. The minimum absolute atomic E-state index is 0.0430. The Morgan fingerprint density at radius 2 is 2.33 bits per heavy atom. The highest BCUT2D eigenvalue weighted by Crippen LogP contribution is 2.38. The average Bonchev–Trinajstić information content (AvgIpc) is 3.13. The molecular weight excluding hydrogens is 326 g/mol. The van der Waals surface area contributed by atoms with E-state index in [4.69, 9.17) is 9.26 Å². The quantitative estimate of drug-likeness (QED) is 0.804. The zero-order chi connectivity index (χ0) is 16.4. The van der Waals surface area contributed by atoms with Crippen LogP contribution in [0.25, 0.3) is 0 Å². The highest BCUT2D eigenvalue weighted by atomic mass is 32.1. The largest absolute Gasteiger partial charge is 0.367 e. The summed E-state index contributed by atoms with van der Waals surface area (Å²) in [5.41, 5.74) is 1.09. The number of nitrogens with zero attached hydrogens (tertiary/aromatic N) is 3. The maximum absolute atomic E-state index is 12.4. The topological polar surface area (TPSA) is 68.5 Å². The Labute approximate surface area is 144 Å². The predicted molar refractivity (Wildman–Crippen MR) is 88.7 cm³/mol. The lowest BCUT2D eigenvalue weighted by atomic mass is 10.1. The number of amides is 1. The van der Waals surface area contributed by atoms with Crippen LogP contribution in [0.4, 0.5) is 0 Å². The van der Waals surface area contributed by atoms with Crippen molar-refractivity contribution in [3.8, 4) is 0 Å². The molecule has 7 heteroatoms. The van der Waals surface area contributed by atoms with E-state index in [0.717, 1.165) is 43.6 Å². The Morgan fingerprint density at radius 1 is 1.42 bits per heavy atom. The van der Waals surface area contributed by atoms with Gasteiger partial charge in [-0.2, -0.15) is 16.3 Å². The fourth-order valence-electron chi connectivity index (χ4n) is 3.00. The number of carbonyl (C=O) groups is 1. The highest BCUT2D eigenvalue weighted by molar-refractivity contribution is 7.07. The highest BCUT2D eigenvalue weighted by Gasteiger charge is 2.29. The van der Waals surface area contributed by atoms with E-state index in [2.05, 4.69) is 10.1 Å². The molecule has 0 bridgehead atoms. The summed E-state index contributed by atoms with van der Waals surface area (Å²) in [4.78, 5) is 18.7. The molecule has 0 N–H and O–H groups in total. The smallest absolute Gasteiger partial charge is 0.252 e. The maximum Gasteiger partial charge on any atom is 0.252 e. The fourth-order valence-corrected chi connectivity index (χ4v) is 3.67. The number of ether oxygens (including phenoxy) is 1. The molecule has 4 rings (SSSR count). The number of hydrogen-bond donors (Lipinski definition) is 0. The van der Waals surface area contributed by atoms with E-state index in [1.165, 1.54) is 0 Å². The number of rotatable bonds is 6. The van der Waals surface area contributed by atoms with Crippen molar-refractivity contribution in [3.63, 3.8) is 0 Å². The van der Waals surface area contributed by atoms with E-state index in [1.807, 2.05) is 21.7 Å². The average molecular weight is 347 g/mol. The van der Waals surface area contributed by atoms with E-state index >= 15 is 0 Å². The maximum atomic E-state index is 12.4. The molecule has 0 radical (unpaired) electrons. The molecule has 0 unspecified atom stereocenters. The molecule has 2 aromatic heterocycles. The Kier molecular flexibility index (Phi) is 4.62. The standard InChI is InChI=1S/C17H21N3O3S/c21-16(8-12-5-7-24-11-12)20-6-1-2-14(9-20)22-10-15-18-17(19-23-15)13-3-4-13/h5,7,11,13-14H,1-4,6,8-10H2/t14-/m0/s1. The van der Waals surface area contributed by atoms with Gasteiger partial charge < -0.3 is 14.2 Å². The molecule has 1 aliphatic carbocycles. The van der Waals surface area contributed by atoms with E-state index < -0.39 is 0 Å². The molecule has 1 aliphatic heterocycles. The summed E-state index contributed by atoms with van der Waals surface area (Å²) in [6, 6.07) is 2.01. The zero-order valence-electron chi connectivity index (χ0n) is 13.5. The third kappa shape index (κ3) is 3.84. The molecule has 6 nitrogen and oxygen atoms in total. The SMILES string of the molecule is O=C(Cc1ccsc1)N1CCC[C@H](OCc2nc(C3CC3)no2)C1. The van der Waals surface area contributed by atoms with Crippen LogP contribution in [-0.4, -0.2) is 40.1 Å². The molecule has 3 heterocycles. The van der Waals surface area contributed by atoms with E-state index in [1.54, 1.807) is 11.3 Å². The molecule has 128 valence electrons. The summed E-state index contributed by atoms with van der Waals surface area (Å²) in [6.07, 6.45) is 4.77. The summed E-state index contributed by atoms with van der Waals surface area (Å²) in [7, 11) is 0. The Bertz CT molecular complexity index is 681. The first-order chi connectivity index (χ1) is 11.8. The number of likely N-dealkylation sites (tertiary alicyclic amines) is 1. The summed E-state index contributed by atoms with van der Waals surface area (Å²) in [5.74, 6) is 2.02. The van der Waals surface area contributed by atoms with Crippen molar-refractivity contribution in [1.29, 1.82) is 0 Å². The number of hydrogen-bond acceptors (Lipinski definition) is 6. The zero-order valence-corrected chi connectivity index (χ0v) is 14.3. The molecule has 2 aliphatic rings. The van der Waals surface area contributed by atoms with E-state index in [0.29, 0.717) is 31.4 Å². The van der Waals surface area contributed by atoms with Gasteiger partial charge in [0.05, 0.1) is 12.5 Å². The van der Waals surface area contributed by atoms with Gasteiger partial charge in [0.25, 0.3) is 5.89 Å². The first-order valence-electron chi connectivity index (χ1n) is 8.51. The molecule has 0 spiro atoms. The second-order valence-corrected chi connectivity index (χ2v) is 7.32. The van der Waals surface area contributed by atoms with Gasteiger partial charge in [0, 0.05) is 19.0 Å². The van der Waals surface area contributed by atoms with Crippen molar-refractivity contribution in [2.75, 3.05) is 13.1 Å². The predicted octanol–water partition coefficient (Wildman–Crippen LogP) is 2.76. The van der Waals surface area contributed by atoms with Crippen LogP contribution in [0, 0.1) is 0 Å². The van der Waals surface area contributed by atoms with Gasteiger partial charge in [0.15, 0.2) is 5.82 Å². The molecule has 1 amide bonds. The number of aromatic nitrogens is 2. The minimum Gasteiger partial charge on any atom is -0.367 e. The van der Waals surface area contributed by atoms with Crippen LogP contribution in [0.3, 0.4) is 0 Å². The van der Waals surface area contributed by atoms with Gasteiger partial charge in [0.1, 0.15) is 6.61 Å². The summed E-state index contributed by atoms with van der Waals surface area (Å²) < 4.78 is 11.1. The van der Waals surface area contributed by atoms with Crippen molar-refractivity contribution in [1.82, 2.24) is 15.0 Å². The molecule has 0 aromatic carbocycles. The molecule has 2 fully saturated rings. The first kappa shape index (κ1) is 15.8.